The van der Waals surface area contributed by atoms with Crippen molar-refractivity contribution in [3.05, 3.63) is 0 Å². The Morgan fingerprint density at radius 1 is 1.39 bits per heavy atom. The third kappa shape index (κ3) is 4.17. The second-order valence-electron chi connectivity index (χ2n) is 4.92. The first-order chi connectivity index (χ1) is 8.46. The SMILES string of the molecule is CCN(C)S(=O)(=O)NCC1(COC)CCNCC1. The summed E-state index contributed by atoms with van der Waals surface area (Å²) < 4.78 is 33.1. The van der Waals surface area contributed by atoms with E-state index in [4.69, 9.17) is 4.74 Å². The van der Waals surface area contributed by atoms with Crippen LogP contribution in [0.3, 0.4) is 0 Å². The molecule has 1 heterocycles. The lowest BCUT2D eigenvalue weighted by atomic mass is 9.80. The molecule has 18 heavy (non-hydrogen) atoms. The summed E-state index contributed by atoms with van der Waals surface area (Å²) >= 11 is 0. The summed E-state index contributed by atoms with van der Waals surface area (Å²) in [6, 6.07) is 0. The first kappa shape index (κ1) is 15.8. The third-order valence-corrected chi connectivity index (χ3v) is 5.19. The van der Waals surface area contributed by atoms with Gasteiger partial charge in [-0.25, -0.2) is 4.72 Å². The number of hydrogen-bond donors (Lipinski definition) is 2. The summed E-state index contributed by atoms with van der Waals surface area (Å²) in [4.78, 5) is 0. The Morgan fingerprint density at radius 3 is 2.50 bits per heavy atom. The number of ether oxygens (including phenoxy) is 1. The van der Waals surface area contributed by atoms with E-state index in [1.165, 1.54) is 4.31 Å². The molecule has 0 saturated carbocycles. The van der Waals surface area contributed by atoms with E-state index in [1.807, 2.05) is 6.92 Å². The fourth-order valence-corrected chi connectivity index (χ4v) is 3.21. The minimum Gasteiger partial charge on any atom is -0.384 e. The van der Waals surface area contributed by atoms with Crippen LogP contribution in [0.15, 0.2) is 0 Å². The average Bonchev–Trinajstić information content (AvgIpc) is 2.37. The molecule has 0 unspecified atom stereocenters. The highest BCUT2D eigenvalue weighted by Gasteiger charge is 2.33. The van der Waals surface area contributed by atoms with E-state index in [0.717, 1.165) is 25.9 Å². The number of piperidine rings is 1. The average molecular weight is 279 g/mol. The van der Waals surface area contributed by atoms with Crippen LogP contribution in [-0.4, -0.2) is 59.7 Å². The van der Waals surface area contributed by atoms with E-state index in [1.54, 1.807) is 14.2 Å². The van der Waals surface area contributed by atoms with Gasteiger partial charge in [0.25, 0.3) is 10.2 Å². The maximum absolute atomic E-state index is 11.9. The maximum atomic E-state index is 11.9. The molecule has 0 aliphatic carbocycles. The van der Waals surface area contributed by atoms with Crippen molar-refractivity contribution in [3.63, 3.8) is 0 Å². The fourth-order valence-electron chi connectivity index (χ4n) is 2.16. The smallest absolute Gasteiger partial charge is 0.279 e. The zero-order valence-electron chi connectivity index (χ0n) is 11.5. The van der Waals surface area contributed by atoms with Crippen LogP contribution >= 0.6 is 0 Å². The van der Waals surface area contributed by atoms with Crippen molar-refractivity contribution < 1.29 is 13.2 Å². The van der Waals surface area contributed by atoms with Crippen molar-refractivity contribution >= 4 is 10.2 Å². The van der Waals surface area contributed by atoms with Crippen LogP contribution in [0.1, 0.15) is 19.8 Å². The lowest BCUT2D eigenvalue weighted by molar-refractivity contribution is 0.0574. The van der Waals surface area contributed by atoms with Crippen molar-refractivity contribution in [1.29, 1.82) is 0 Å². The summed E-state index contributed by atoms with van der Waals surface area (Å²) in [6.07, 6.45) is 1.86. The van der Waals surface area contributed by atoms with E-state index in [0.29, 0.717) is 19.7 Å². The number of nitrogens with one attached hydrogen (secondary N) is 2. The Hall–Kier alpha value is -0.210. The topological polar surface area (TPSA) is 70.7 Å². The Kier molecular flexibility index (Phi) is 6.00. The Bertz CT molecular complexity index is 334. The minimum absolute atomic E-state index is 0.0817. The Labute approximate surface area is 110 Å². The monoisotopic (exact) mass is 279 g/mol. The van der Waals surface area contributed by atoms with E-state index in [9.17, 15) is 8.42 Å². The van der Waals surface area contributed by atoms with Crippen molar-refractivity contribution in [2.24, 2.45) is 5.41 Å². The van der Waals surface area contributed by atoms with Crippen LogP contribution < -0.4 is 10.0 Å². The van der Waals surface area contributed by atoms with Crippen molar-refractivity contribution in [1.82, 2.24) is 14.3 Å². The molecule has 7 heteroatoms. The molecule has 1 rings (SSSR count). The van der Waals surface area contributed by atoms with Crippen LogP contribution in [0.4, 0.5) is 0 Å². The first-order valence-electron chi connectivity index (χ1n) is 6.36. The quantitative estimate of drug-likeness (QED) is 0.676. The zero-order valence-corrected chi connectivity index (χ0v) is 12.3. The number of methoxy groups -OCH3 is 1. The van der Waals surface area contributed by atoms with Crippen LogP contribution in [0.5, 0.6) is 0 Å². The molecule has 108 valence electrons. The van der Waals surface area contributed by atoms with Gasteiger partial charge in [-0.15, -0.1) is 0 Å². The van der Waals surface area contributed by atoms with E-state index in [-0.39, 0.29) is 5.41 Å². The van der Waals surface area contributed by atoms with Gasteiger partial charge < -0.3 is 10.1 Å². The first-order valence-corrected chi connectivity index (χ1v) is 7.80. The molecule has 0 amide bonds. The molecular formula is C11H25N3O3S. The number of hydrogen-bond acceptors (Lipinski definition) is 4. The summed E-state index contributed by atoms with van der Waals surface area (Å²) in [5.74, 6) is 0. The molecule has 1 fully saturated rings. The minimum atomic E-state index is -3.36. The van der Waals surface area contributed by atoms with Gasteiger partial charge in [0.05, 0.1) is 6.61 Å². The van der Waals surface area contributed by atoms with Gasteiger partial charge in [-0.05, 0) is 25.9 Å². The molecule has 0 atom stereocenters. The lowest BCUT2D eigenvalue weighted by Gasteiger charge is -2.37. The molecule has 6 nitrogen and oxygen atoms in total. The second kappa shape index (κ2) is 6.81. The lowest BCUT2D eigenvalue weighted by Crippen LogP contribution is -2.49. The summed E-state index contributed by atoms with van der Waals surface area (Å²) in [5, 5.41) is 3.29. The van der Waals surface area contributed by atoms with Gasteiger partial charge in [0.15, 0.2) is 0 Å². The molecule has 0 bridgehead atoms. The predicted octanol–water partition coefficient (Wildman–Crippen LogP) is -0.211. The highest BCUT2D eigenvalue weighted by Crippen LogP contribution is 2.28. The van der Waals surface area contributed by atoms with Gasteiger partial charge >= 0.3 is 0 Å². The highest BCUT2D eigenvalue weighted by atomic mass is 32.2. The van der Waals surface area contributed by atoms with Gasteiger partial charge in [-0.2, -0.15) is 12.7 Å². The molecule has 0 radical (unpaired) electrons. The number of rotatable bonds is 7. The van der Waals surface area contributed by atoms with E-state index < -0.39 is 10.2 Å². The molecule has 0 aromatic heterocycles. The molecule has 1 aliphatic rings. The molecule has 2 N–H and O–H groups in total. The molecule has 1 aliphatic heterocycles. The van der Waals surface area contributed by atoms with Crippen LogP contribution in [0, 0.1) is 5.41 Å². The van der Waals surface area contributed by atoms with Crippen molar-refractivity contribution in [2.75, 3.05) is 46.9 Å². The van der Waals surface area contributed by atoms with Crippen LogP contribution in [0.2, 0.25) is 0 Å². The highest BCUT2D eigenvalue weighted by molar-refractivity contribution is 7.87. The Morgan fingerprint density at radius 2 is 2.00 bits per heavy atom. The molecular weight excluding hydrogens is 254 g/mol. The summed E-state index contributed by atoms with van der Waals surface area (Å²) in [7, 11) is -0.119. The van der Waals surface area contributed by atoms with Gasteiger partial charge in [0.2, 0.25) is 0 Å². The molecule has 0 aromatic rings. The third-order valence-electron chi connectivity index (χ3n) is 3.60. The standard InChI is InChI=1S/C11H25N3O3S/c1-4-14(2)18(15,16)13-9-11(10-17-3)5-7-12-8-6-11/h12-13H,4-10H2,1-3H3. The maximum Gasteiger partial charge on any atom is 0.279 e. The van der Waals surface area contributed by atoms with E-state index in [2.05, 4.69) is 10.0 Å². The summed E-state index contributed by atoms with van der Waals surface area (Å²) in [5.41, 5.74) is -0.0817. The fraction of sp³-hybridized carbons (Fsp3) is 1.00. The van der Waals surface area contributed by atoms with Crippen LogP contribution in [-0.2, 0) is 14.9 Å². The van der Waals surface area contributed by atoms with Crippen LogP contribution in [0.25, 0.3) is 0 Å². The summed E-state index contributed by atoms with van der Waals surface area (Å²) in [6.45, 7) is 5.13. The van der Waals surface area contributed by atoms with Gasteiger partial charge in [0, 0.05) is 32.7 Å². The van der Waals surface area contributed by atoms with Gasteiger partial charge in [-0.1, -0.05) is 6.92 Å². The van der Waals surface area contributed by atoms with Gasteiger partial charge in [-0.3, -0.25) is 0 Å². The zero-order chi connectivity index (χ0) is 13.6. The predicted molar refractivity (Wildman–Crippen MR) is 71.6 cm³/mol. The van der Waals surface area contributed by atoms with Gasteiger partial charge in [0.1, 0.15) is 0 Å². The molecule has 0 spiro atoms. The van der Waals surface area contributed by atoms with Crippen molar-refractivity contribution in [2.45, 2.75) is 19.8 Å². The normalized spacial score (nSPS) is 20.2. The second-order valence-corrected chi connectivity index (χ2v) is 6.79. The van der Waals surface area contributed by atoms with E-state index >= 15 is 0 Å². The number of nitrogens with zero attached hydrogens (tertiary/aromatic N) is 1. The van der Waals surface area contributed by atoms with Crippen molar-refractivity contribution in [3.8, 4) is 0 Å². The largest absolute Gasteiger partial charge is 0.384 e. The Balaban J connectivity index is 2.62. The molecule has 1 saturated heterocycles. The molecule has 0 aromatic carbocycles.